The van der Waals surface area contributed by atoms with E-state index in [9.17, 15) is 0 Å². The van der Waals surface area contributed by atoms with Crippen molar-refractivity contribution in [1.82, 2.24) is 0 Å². The predicted molar refractivity (Wildman–Crippen MR) is 54.0 cm³/mol. The largest absolute Gasteiger partial charge is 0.328 e. The van der Waals surface area contributed by atoms with Gasteiger partial charge in [-0.15, -0.1) is 0 Å². The van der Waals surface area contributed by atoms with E-state index in [1.165, 1.54) is 32.1 Å². The molecule has 0 aromatic rings. The van der Waals surface area contributed by atoms with Crippen LogP contribution in [0.25, 0.3) is 0 Å². The Morgan fingerprint density at radius 1 is 1.00 bits per heavy atom. The molecule has 1 aliphatic rings. The van der Waals surface area contributed by atoms with Crippen LogP contribution in [0.5, 0.6) is 0 Å². The minimum atomic E-state index is 0.484. The van der Waals surface area contributed by atoms with Crippen LogP contribution in [0, 0.1) is 11.3 Å². The number of hydrogen-bond acceptors (Lipinski definition) is 1. The number of rotatable bonds is 0. The zero-order valence-corrected chi connectivity index (χ0v) is 8.77. The summed E-state index contributed by atoms with van der Waals surface area (Å²) in [4.78, 5) is 0. The molecule has 0 aromatic carbocycles. The van der Waals surface area contributed by atoms with Crippen LogP contribution < -0.4 is 5.73 Å². The Bertz CT molecular complexity index is 134. The van der Waals surface area contributed by atoms with Gasteiger partial charge in [-0.3, -0.25) is 0 Å². The molecule has 1 fully saturated rings. The van der Waals surface area contributed by atoms with Crippen LogP contribution in [0.4, 0.5) is 0 Å². The quantitative estimate of drug-likeness (QED) is 0.554. The van der Waals surface area contributed by atoms with E-state index in [-0.39, 0.29) is 0 Å². The molecule has 2 N–H and O–H groups in total. The van der Waals surface area contributed by atoms with E-state index >= 15 is 0 Å². The second-order valence-electron chi connectivity index (χ2n) is 5.33. The Labute approximate surface area is 76.7 Å². The molecule has 0 saturated heterocycles. The molecule has 0 heterocycles. The highest BCUT2D eigenvalue weighted by atomic mass is 14.6. The molecule has 1 nitrogen and oxygen atoms in total. The molecular formula is C11H23N. The topological polar surface area (TPSA) is 26.0 Å². The van der Waals surface area contributed by atoms with Crippen LogP contribution >= 0.6 is 0 Å². The van der Waals surface area contributed by atoms with E-state index in [4.69, 9.17) is 5.73 Å². The van der Waals surface area contributed by atoms with Crippen LogP contribution in [0.2, 0.25) is 0 Å². The number of nitrogens with two attached hydrogens (primary N) is 1. The standard InChI is InChI=1S/C11H23N/c1-11(2,3)9-5-4-6-10(12)8-7-9/h9-10H,4-8,12H2,1-3H3/t9-,10-/m0/s1. The molecule has 0 spiro atoms. The van der Waals surface area contributed by atoms with E-state index in [1.54, 1.807) is 0 Å². The summed E-state index contributed by atoms with van der Waals surface area (Å²) in [5.74, 6) is 0.894. The molecule has 0 bridgehead atoms. The van der Waals surface area contributed by atoms with Gasteiger partial charge in [-0.05, 0) is 37.0 Å². The minimum absolute atomic E-state index is 0.484. The van der Waals surface area contributed by atoms with Crippen LogP contribution in [-0.2, 0) is 0 Å². The molecule has 1 heteroatoms. The summed E-state index contributed by atoms with van der Waals surface area (Å²) < 4.78 is 0. The van der Waals surface area contributed by atoms with E-state index in [2.05, 4.69) is 20.8 Å². The van der Waals surface area contributed by atoms with Crippen LogP contribution in [-0.4, -0.2) is 6.04 Å². The van der Waals surface area contributed by atoms with Crippen molar-refractivity contribution in [2.45, 2.75) is 58.9 Å². The molecule has 1 saturated carbocycles. The van der Waals surface area contributed by atoms with Gasteiger partial charge in [-0.1, -0.05) is 27.2 Å². The fraction of sp³-hybridized carbons (Fsp3) is 1.00. The van der Waals surface area contributed by atoms with Crippen molar-refractivity contribution in [3.05, 3.63) is 0 Å². The maximum Gasteiger partial charge on any atom is 0.00389 e. The van der Waals surface area contributed by atoms with Crippen LogP contribution in [0.15, 0.2) is 0 Å². The summed E-state index contributed by atoms with van der Waals surface area (Å²) in [6.45, 7) is 7.07. The number of hydrogen-bond donors (Lipinski definition) is 1. The van der Waals surface area contributed by atoms with Gasteiger partial charge in [0.2, 0.25) is 0 Å². The lowest BCUT2D eigenvalue weighted by Gasteiger charge is -2.29. The van der Waals surface area contributed by atoms with Crippen molar-refractivity contribution in [3.63, 3.8) is 0 Å². The summed E-state index contributed by atoms with van der Waals surface area (Å²) in [5.41, 5.74) is 6.43. The molecule has 0 aromatic heterocycles. The molecule has 0 unspecified atom stereocenters. The van der Waals surface area contributed by atoms with Gasteiger partial charge in [0, 0.05) is 6.04 Å². The van der Waals surface area contributed by atoms with Crippen molar-refractivity contribution in [3.8, 4) is 0 Å². The first-order chi connectivity index (χ1) is 5.50. The second kappa shape index (κ2) is 3.78. The van der Waals surface area contributed by atoms with E-state index in [1.807, 2.05) is 0 Å². The van der Waals surface area contributed by atoms with Gasteiger partial charge in [-0.2, -0.15) is 0 Å². The smallest absolute Gasteiger partial charge is 0.00389 e. The highest BCUT2D eigenvalue weighted by molar-refractivity contribution is 4.79. The Morgan fingerprint density at radius 2 is 1.67 bits per heavy atom. The summed E-state index contributed by atoms with van der Waals surface area (Å²) in [6, 6.07) is 0.484. The normalized spacial score (nSPS) is 33.0. The third-order valence-electron chi connectivity index (χ3n) is 3.24. The fourth-order valence-electron chi connectivity index (χ4n) is 2.20. The average Bonchev–Trinajstić information content (AvgIpc) is 2.11. The third-order valence-corrected chi connectivity index (χ3v) is 3.24. The van der Waals surface area contributed by atoms with Gasteiger partial charge in [-0.25, -0.2) is 0 Å². The van der Waals surface area contributed by atoms with Crippen molar-refractivity contribution in [2.75, 3.05) is 0 Å². The Balaban J connectivity index is 2.46. The van der Waals surface area contributed by atoms with Crippen molar-refractivity contribution in [1.29, 1.82) is 0 Å². The van der Waals surface area contributed by atoms with Gasteiger partial charge in [0.05, 0.1) is 0 Å². The van der Waals surface area contributed by atoms with Gasteiger partial charge in [0.15, 0.2) is 0 Å². The lowest BCUT2D eigenvalue weighted by Crippen LogP contribution is -2.21. The monoisotopic (exact) mass is 169 g/mol. The first kappa shape index (κ1) is 10.0. The zero-order chi connectivity index (χ0) is 9.19. The highest BCUT2D eigenvalue weighted by Gasteiger charge is 2.26. The summed E-state index contributed by atoms with van der Waals surface area (Å²) in [6.07, 6.45) is 6.54. The van der Waals surface area contributed by atoms with Crippen molar-refractivity contribution < 1.29 is 0 Å². The molecule has 1 rings (SSSR count). The predicted octanol–water partition coefficient (Wildman–Crippen LogP) is 2.94. The average molecular weight is 169 g/mol. The van der Waals surface area contributed by atoms with Crippen LogP contribution in [0.1, 0.15) is 52.9 Å². The van der Waals surface area contributed by atoms with E-state index in [0.717, 1.165) is 5.92 Å². The van der Waals surface area contributed by atoms with Crippen molar-refractivity contribution >= 4 is 0 Å². The lowest BCUT2D eigenvalue weighted by molar-refractivity contribution is 0.214. The lowest BCUT2D eigenvalue weighted by atomic mass is 9.76. The zero-order valence-electron chi connectivity index (χ0n) is 8.77. The second-order valence-corrected chi connectivity index (χ2v) is 5.33. The summed E-state index contributed by atoms with van der Waals surface area (Å²) in [5, 5.41) is 0. The van der Waals surface area contributed by atoms with Crippen LogP contribution in [0.3, 0.4) is 0 Å². The SMILES string of the molecule is CC(C)(C)[C@H]1CCC[C@H](N)CC1. The first-order valence-corrected chi connectivity index (χ1v) is 5.26. The molecule has 0 radical (unpaired) electrons. The maximum atomic E-state index is 5.94. The molecule has 0 amide bonds. The Kier molecular flexibility index (Phi) is 3.16. The maximum absolute atomic E-state index is 5.94. The van der Waals surface area contributed by atoms with Gasteiger partial charge >= 0.3 is 0 Å². The molecule has 72 valence electrons. The van der Waals surface area contributed by atoms with E-state index in [0.29, 0.717) is 11.5 Å². The molecule has 12 heavy (non-hydrogen) atoms. The first-order valence-electron chi connectivity index (χ1n) is 5.26. The molecular weight excluding hydrogens is 146 g/mol. The molecule has 1 aliphatic carbocycles. The Hall–Kier alpha value is -0.0400. The fourth-order valence-corrected chi connectivity index (χ4v) is 2.20. The summed E-state index contributed by atoms with van der Waals surface area (Å²) in [7, 11) is 0. The minimum Gasteiger partial charge on any atom is -0.328 e. The van der Waals surface area contributed by atoms with Gasteiger partial charge in [0.25, 0.3) is 0 Å². The molecule has 0 aliphatic heterocycles. The van der Waals surface area contributed by atoms with Gasteiger partial charge < -0.3 is 5.73 Å². The third kappa shape index (κ3) is 2.78. The Morgan fingerprint density at radius 3 is 2.25 bits per heavy atom. The molecule has 2 atom stereocenters. The van der Waals surface area contributed by atoms with E-state index < -0.39 is 0 Å². The van der Waals surface area contributed by atoms with Crippen molar-refractivity contribution in [2.24, 2.45) is 17.1 Å². The highest BCUT2D eigenvalue weighted by Crippen LogP contribution is 2.36. The summed E-state index contributed by atoms with van der Waals surface area (Å²) >= 11 is 0. The van der Waals surface area contributed by atoms with Gasteiger partial charge in [0.1, 0.15) is 0 Å².